The number of likely N-dealkylation sites (tertiary alicyclic amines) is 1. The van der Waals surface area contributed by atoms with Gasteiger partial charge in [0.15, 0.2) is 0 Å². The maximum absolute atomic E-state index is 12.6. The van der Waals surface area contributed by atoms with Gasteiger partial charge in [-0.1, -0.05) is 12.8 Å². The van der Waals surface area contributed by atoms with Crippen molar-refractivity contribution in [3.05, 3.63) is 17.5 Å². The van der Waals surface area contributed by atoms with Crippen molar-refractivity contribution in [2.45, 2.75) is 57.6 Å². The summed E-state index contributed by atoms with van der Waals surface area (Å²) in [7, 11) is 0. The number of rotatable bonds is 2. The Hall–Kier alpha value is -1.36. The van der Waals surface area contributed by atoms with Crippen molar-refractivity contribution in [1.82, 2.24) is 15.1 Å². The quantitative estimate of drug-likeness (QED) is 0.867. The minimum Gasteiger partial charge on any atom is -0.393 e. The fraction of sp³-hybridized carbons (Fsp3) is 0.733. The second kappa shape index (κ2) is 5.56. The minimum absolute atomic E-state index is 0.00891. The number of hydrogen-bond donors (Lipinski definition) is 2. The Morgan fingerprint density at radius 3 is 2.85 bits per heavy atom. The van der Waals surface area contributed by atoms with E-state index < -0.39 is 0 Å². The van der Waals surface area contributed by atoms with Gasteiger partial charge in [0.1, 0.15) is 5.69 Å². The smallest absolute Gasteiger partial charge is 0.274 e. The van der Waals surface area contributed by atoms with Crippen molar-refractivity contribution >= 4 is 5.91 Å². The van der Waals surface area contributed by atoms with Crippen LogP contribution in [0, 0.1) is 12.8 Å². The van der Waals surface area contributed by atoms with Gasteiger partial charge in [-0.2, -0.15) is 5.10 Å². The second-order valence-electron chi connectivity index (χ2n) is 6.16. The van der Waals surface area contributed by atoms with Gasteiger partial charge in [0.25, 0.3) is 5.91 Å². The molecule has 5 nitrogen and oxygen atoms in total. The molecule has 2 N–H and O–H groups in total. The lowest BCUT2D eigenvalue weighted by Gasteiger charge is -2.36. The van der Waals surface area contributed by atoms with Crippen molar-refractivity contribution in [1.29, 1.82) is 0 Å². The number of carbonyl (C=O) groups is 1. The molecule has 20 heavy (non-hydrogen) atoms. The highest BCUT2D eigenvalue weighted by atomic mass is 16.3. The Balaban J connectivity index is 1.76. The van der Waals surface area contributed by atoms with E-state index in [9.17, 15) is 9.90 Å². The van der Waals surface area contributed by atoms with Crippen molar-refractivity contribution in [3.8, 4) is 0 Å². The molecule has 2 fully saturated rings. The second-order valence-corrected chi connectivity index (χ2v) is 6.16. The Kier molecular flexibility index (Phi) is 3.78. The summed E-state index contributed by atoms with van der Waals surface area (Å²) < 4.78 is 0. The lowest BCUT2D eigenvalue weighted by molar-refractivity contribution is 0.0209. The van der Waals surface area contributed by atoms with E-state index in [4.69, 9.17) is 0 Å². The van der Waals surface area contributed by atoms with Crippen LogP contribution in [0.2, 0.25) is 0 Å². The van der Waals surface area contributed by atoms with E-state index in [1.807, 2.05) is 11.8 Å². The number of carbonyl (C=O) groups excluding carboxylic acids is 1. The third-order valence-corrected chi connectivity index (χ3v) is 4.76. The number of nitrogens with zero attached hydrogens (tertiary/aromatic N) is 2. The predicted molar refractivity (Wildman–Crippen MR) is 75.3 cm³/mol. The van der Waals surface area contributed by atoms with Crippen LogP contribution in [0.3, 0.4) is 0 Å². The van der Waals surface area contributed by atoms with Crippen LogP contribution in [0.25, 0.3) is 0 Å². The van der Waals surface area contributed by atoms with E-state index in [-0.39, 0.29) is 24.0 Å². The maximum atomic E-state index is 12.6. The van der Waals surface area contributed by atoms with E-state index >= 15 is 0 Å². The van der Waals surface area contributed by atoms with Gasteiger partial charge in [-0.3, -0.25) is 9.89 Å². The lowest BCUT2D eigenvalue weighted by atomic mass is 9.80. The molecule has 0 aromatic carbocycles. The first-order valence-electron chi connectivity index (χ1n) is 7.68. The molecule has 110 valence electrons. The summed E-state index contributed by atoms with van der Waals surface area (Å²) in [6.45, 7) is 2.69. The van der Waals surface area contributed by atoms with Crippen molar-refractivity contribution in [3.63, 3.8) is 0 Å². The first-order chi connectivity index (χ1) is 9.66. The Labute approximate surface area is 119 Å². The molecular weight excluding hydrogens is 254 g/mol. The summed E-state index contributed by atoms with van der Waals surface area (Å²) in [6.07, 6.45) is 5.99. The number of aromatic nitrogens is 2. The number of amides is 1. The predicted octanol–water partition coefficient (Wildman–Crippen LogP) is 1.87. The first-order valence-corrected chi connectivity index (χ1v) is 7.68. The number of hydrogen-bond acceptors (Lipinski definition) is 3. The van der Waals surface area contributed by atoms with Gasteiger partial charge >= 0.3 is 0 Å². The highest BCUT2D eigenvalue weighted by Gasteiger charge is 2.39. The highest BCUT2D eigenvalue weighted by Crippen LogP contribution is 2.35. The number of aliphatic hydroxyl groups is 1. The van der Waals surface area contributed by atoms with Crippen LogP contribution < -0.4 is 0 Å². The summed E-state index contributed by atoms with van der Waals surface area (Å²) in [4.78, 5) is 14.5. The summed E-state index contributed by atoms with van der Waals surface area (Å²) in [5.74, 6) is 0.255. The van der Waals surface area contributed by atoms with E-state index in [1.54, 1.807) is 6.07 Å². The minimum atomic E-state index is -0.247. The lowest BCUT2D eigenvalue weighted by Crippen LogP contribution is -2.45. The average molecular weight is 277 g/mol. The third kappa shape index (κ3) is 2.46. The standard InChI is InChI=1S/C15H23N3O2/c1-10-9-12(17-16-10)15(20)18-8-4-6-13(18)11-5-2-3-7-14(11)19/h9,11,13-14,19H,2-8H2,1H3,(H,16,17)/t11-,13-,14+/m1/s1. The zero-order chi connectivity index (χ0) is 14.1. The fourth-order valence-electron chi connectivity index (χ4n) is 3.75. The molecule has 1 amide bonds. The van der Waals surface area contributed by atoms with Crippen LogP contribution in [0.5, 0.6) is 0 Å². The molecule has 0 unspecified atom stereocenters. The van der Waals surface area contributed by atoms with Gasteiger partial charge in [-0.05, 0) is 38.7 Å². The number of aromatic amines is 1. The monoisotopic (exact) mass is 277 g/mol. The van der Waals surface area contributed by atoms with Crippen LogP contribution in [0.1, 0.15) is 54.7 Å². The molecule has 5 heteroatoms. The molecule has 1 aromatic rings. The molecule has 1 aliphatic heterocycles. The summed E-state index contributed by atoms with van der Waals surface area (Å²) in [5, 5.41) is 17.2. The van der Waals surface area contributed by atoms with Crippen molar-refractivity contribution in [2.24, 2.45) is 5.92 Å². The molecule has 1 aliphatic carbocycles. The SMILES string of the molecule is Cc1cc(C(=O)N2CCC[C@@H]2[C@H]2CCCC[C@@H]2O)n[nH]1. The highest BCUT2D eigenvalue weighted by molar-refractivity contribution is 5.92. The molecule has 1 saturated heterocycles. The van der Waals surface area contributed by atoms with Gasteiger partial charge in [0.2, 0.25) is 0 Å². The molecule has 3 atom stereocenters. The number of H-pyrrole nitrogens is 1. The molecule has 0 bridgehead atoms. The van der Waals surface area contributed by atoms with Gasteiger partial charge in [-0.25, -0.2) is 0 Å². The van der Waals surface area contributed by atoms with Crippen LogP contribution in [-0.2, 0) is 0 Å². The Morgan fingerprint density at radius 1 is 1.35 bits per heavy atom. The zero-order valence-electron chi connectivity index (χ0n) is 12.0. The molecule has 0 spiro atoms. The summed E-state index contributed by atoms with van der Waals surface area (Å²) in [5.41, 5.74) is 1.40. The van der Waals surface area contributed by atoms with Crippen LogP contribution in [0.4, 0.5) is 0 Å². The largest absolute Gasteiger partial charge is 0.393 e. The topological polar surface area (TPSA) is 69.2 Å². The molecular formula is C15H23N3O2. The molecule has 1 aromatic heterocycles. The van der Waals surface area contributed by atoms with Crippen molar-refractivity contribution in [2.75, 3.05) is 6.54 Å². The fourth-order valence-corrected chi connectivity index (χ4v) is 3.75. The van der Waals surface area contributed by atoms with Gasteiger partial charge in [-0.15, -0.1) is 0 Å². The van der Waals surface area contributed by atoms with Crippen LogP contribution in [-0.4, -0.2) is 44.8 Å². The molecule has 2 heterocycles. The van der Waals surface area contributed by atoms with Gasteiger partial charge < -0.3 is 10.0 Å². The zero-order valence-corrected chi connectivity index (χ0v) is 12.0. The molecule has 2 aliphatic rings. The van der Waals surface area contributed by atoms with E-state index in [0.717, 1.165) is 44.3 Å². The molecule has 3 rings (SSSR count). The first kappa shape index (κ1) is 13.6. The van der Waals surface area contributed by atoms with E-state index in [2.05, 4.69) is 10.2 Å². The average Bonchev–Trinajstić information content (AvgIpc) is 3.07. The third-order valence-electron chi connectivity index (χ3n) is 4.76. The number of aryl methyl sites for hydroxylation is 1. The van der Waals surface area contributed by atoms with E-state index in [0.29, 0.717) is 5.69 Å². The van der Waals surface area contributed by atoms with Crippen LogP contribution >= 0.6 is 0 Å². The summed E-state index contributed by atoms with van der Waals surface area (Å²) >= 11 is 0. The van der Waals surface area contributed by atoms with Crippen LogP contribution in [0.15, 0.2) is 6.07 Å². The number of nitrogens with one attached hydrogen (secondary N) is 1. The Morgan fingerprint density at radius 2 is 2.15 bits per heavy atom. The maximum Gasteiger partial charge on any atom is 0.274 e. The summed E-state index contributed by atoms with van der Waals surface area (Å²) in [6, 6.07) is 1.99. The molecule has 1 saturated carbocycles. The van der Waals surface area contributed by atoms with Gasteiger partial charge in [0, 0.05) is 24.2 Å². The molecule has 0 radical (unpaired) electrons. The van der Waals surface area contributed by atoms with Gasteiger partial charge in [0.05, 0.1) is 6.10 Å². The Bertz CT molecular complexity index is 485. The normalized spacial score (nSPS) is 30.7. The number of aliphatic hydroxyl groups excluding tert-OH is 1. The van der Waals surface area contributed by atoms with E-state index in [1.165, 1.54) is 6.42 Å². The van der Waals surface area contributed by atoms with Crippen molar-refractivity contribution < 1.29 is 9.90 Å².